The standard InChI is InChI=1S/C9H5BrF6O/c10-5-1-3-6(4-2-5)17-7(8(11,12)13)9(14,15)16/h1-4,7H. The molecule has 0 saturated carbocycles. The van der Waals surface area contributed by atoms with Crippen molar-refractivity contribution in [1.29, 1.82) is 0 Å². The lowest BCUT2D eigenvalue weighted by molar-refractivity contribution is -0.299. The van der Waals surface area contributed by atoms with Crippen LogP contribution in [0.5, 0.6) is 5.75 Å². The number of ether oxygens (including phenoxy) is 1. The van der Waals surface area contributed by atoms with Crippen molar-refractivity contribution in [2.24, 2.45) is 0 Å². The predicted molar refractivity (Wildman–Crippen MR) is 50.7 cm³/mol. The van der Waals surface area contributed by atoms with E-state index in [1.807, 2.05) is 0 Å². The van der Waals surface area contributed by atoms with E-state index in [-0.39, 0.29) is 0 Å². The fraction of sp³-hybridized carbons (Fsp3) is 0.333. The van der Waals surface area contributed by atoms with Gasteiger partial charge in [-0.1, -0.05) is 15.9 Å². The Labute approximate surface area is 101 Å². The first-order chi connectivity index (χ1) is 7.60. The van der Waals surface area contributed by atoms with Gasteiger partial charge in [-0.15, -0.1) is 0 Å². The zero-order valence-corrected chi connectivity index (χ0v) is 9.53. The lowest BCUT2D eigenvalue weighted by Crippen LogP contribution is -2.46. The first-order valence-electron chi connectivity index (χ1n) is 4.16. The zero-order valence-electron chi connectivity index (χ0n) is 7.94. The number of alkyl halides is 6. The van der Waals surface area contributed by atoms with Crippen LogP contribution < -0.4 is 4.74 Å². The van der Waals surface area contributed by atoms with Gasteiger partial charge in [0.1, 0.15) is 5.75 Å². The average molecular weight is 323 g/mol. The Morgan fingerprint density at radius 3 is 1.65 bits per heavy atom. The van der Waals surface area contributed by atoms with E-state index in [0.717, 1.165) is 12.1 Å². The Morgan fingerprint density at radius 2 is 1.29 bits per heavy atom. The van der Waals surface area contributed by atoms with Crippen LogP contribution in [-0.2, 0) is 0 Å². The highest BCUT2D eigenvalue weighted by atomic mass is 79.9. The SMILES string of the molecule is FC(F)(F)C(Oc1ccc(Br)cc1)C(F)(F)F. The monoisotopic (exact) mass is 322 g/mol. The Balaban J connectivity index is 2.92. The third-order valence-corrected chi connectivity index (χ3v) is 2.19. The minimum absolute atomic E-state index is 0.507. The summed E-state index contributed by atoms with van der Waals surface area (Å²) < 4.78 is 77.2. The highest BCUT2D eigenvalue weighted by Gasteiger charge is 2.59. The van der Waals surface area contributed by atoms with Crippen LogP contribution in [0.25, 0.3) is 0 Å². The second-order valence-electron chi connectivity index (χ2n) is 3.04. The van der Waals surface area contributed by atoms with Crippen LogP contribution in [0.2, 0.25) is 0 Å². The van der Waals surface area contributed by atoms with E-state index in [1.54, 1.807) is 0 Å². The van der Waals surface area contributed by atoms with E-state index in [0.29, 0.717) is 4.47 Å². The van der Waals surface area contributed by atoms with Crippen molar-refractivity contribution >= 4 is 15.9 Å². The molecule has 0 saturated heterocycles. The van der Waals surface area contributed by atoms with Gasteiger partial charge < -0.3 is 4.74 Å². The molecule has 0 aliphatic rings. The maximum absolute atomic E-state index is 12.1. The molecule has 1 aromatic carbocycles. The molecule has 1 aromatic rings. The molecule has 0 unspecified atom stereocenters. The molecule has 0 fully saturated rings. The molecule has 0 aliphatic carbocycles. The molecule has 0 aromatic heterocycles. The van der Waals surface area contributed by atoms with Crippen LogP contribution in [0.15, 0.2) is 28.7 Å². The second-order valence-corrected chi connectivity index (χ2v) is 3.95. The Hall–Kier alpha value is -0.920. The van der Waals surface area contributed by atoms with Gasteiger partial charge in [-0.2, -0.15) is 26.3 Å². The topological polar surface area (TPSA) is 9.23 Å². The summed E-state index contributed by atoms with van der Waals surface area (Å²) in [5.41, 5.74) is 0. The van der Waals surface area contributed by atoms with Gasteiger partial charge >= 0.3 is 12.4 Å². The van der Waals surface area contributed by atoms with E-state index >= 15 is 0 Å². The molecule has 1 nitrogen and oxygen atoms in total. The molecule has 0 spiro atoms. The summed E-state index contributed by atoms with van der Waals surface area (Å²) in [7, 11) is 0. The van der Waals surface area contributed by atoms with Crippen LogP contribution in [0.4, 0.5) is 26.3 Å². The largest absolute Gasteiger partial charge is 0.471 e. The van der Waals surface area contributed by atoms with E-state index in [9.17, 15) is 26.3 Å². The summed E-state index contributed by atoms with van der Waals surface area (Å²) in [6.45, 7) is 0. The third kappa shape index (κ3) is 4.10. The molecule has 0 amide bonds. The zero-order chi connectivity index (χ0) is 13.3. The number of rotatable bonds is 2. The maximum Gasteiger partial charge on any atom is 0.434 e. The molecule has 8 heteroatoms. The Bertz CT molecular complexity index is 355. The maximum atomic E-state index is 12.1. The van der Waals surface area contributed by atoms with Crippen LogP contribution in [0, 0.1) is 0 Å². The molecule has 17 heavy (non-hydrogen) atoms. The minimum atomic E-state index is -5.51. The smallest absolute Gasteiger partial charge is 0.434 e. The molecule has 96 valence electrons. The molecule has 0 heterocycles. The van der Waals surface area contributed by atoms with E-state index in [1.165, 1.54) is 12.1 Å². The van der Waals surface area contributed by atoms with Crippen LogP contribution in [0.1, 0.15) is 0 Å². The highest BCUT2D eigenvalue weighted by Crippen LogP contribution is 2.36. The number of hydrogen-bond donors (Lipinski definition) is 0. The van der Waals surface area contributed by atoms with Crippen molar-refractivity contribution < 1.29 is 31.1 Å². The molecule has 0 aliphatic heterocycles. The van der Waals surface area contributed by atoms with Gasteiger partial charge in [0.25, 0.3) is 6.10 Å². The van der Waals surface area contributed by atoms with Crippen molar-refractivity contribution in [3.63, 3.8) is 0 Å². The molecular formula is C9H5BrF6O. The lowest BCUT2D eigenvalue weighted by atomic mass is 10.3. The van der Waals surface area contributed by atoms with Gasteiger partial charge in [-0.05, 0) is 24.3 Å². The summed E-state index contributed by atoms with van der Waals surface area (Å²) in [5.74, 6) is -0.507. The minimum Gasteiger partial charge on any atom is -0.471 e. The summed E-state index contributed by atoms with van der Waals surface area (Å²) in [4.78, 5) is 0. The number of halogens is 7. The summed E-state index contributed by atoms with van der Waals surface area (Å²) >= 11 is 2.99. The van der Waals surface area contributed by atoms with E-state index in [4.69, 9.17) is 0 Å². The van der Waals surface area contributed by atoms with Gasteiger partial charge in [-0.3, -0.25) is 0 Å². The highest BCUT2D eigenvalue weighted by molar-refractivity contribution is 9.10. The summed E-state index contributed by atoms with van der Waals surface area (Å²) in [6, 6.07) is 4.57. The number of hydrogen-bond acceptors (Lipinski definition) is 1. The van der Waals surface area contributed by atoms with Crippen LogP contribution in [-0.4, -0.2) is 18.5 Å². The van der Waals surface area contributed by atoms with Crippen LogP contribution in [0.3, 0.4) is 0 Å². The van der Waals surface area contributed by atoms with Crippen molar-refractivity contribution in [3.05, 3.63) is 28.7 Å². The van der Waals surface area contributed by atoms with Crippen molar-refractivity contribution in [1.82, 2.24) is 0 Å². The van der Waals surface area contributed by atoms with Crippen molar-refractivity contribution in [3.8, 4) is 5.75 Å². The first-order valence-corrected chi connectivity index (χ1v) is 4.95. The van der Waals surface area contributed by atoms with E-state index in [2.05, 4.69) is 20.7 Å². The Morgan fingerprint density at radius 1 is 0.882 bits per heavy atom. The van der Waals surface area contributed by atoms with Gasteiger partial charge in [0, 0.05) is 4.47 Å². The molecule has 0 bridgehead atoms. The van der Waals surface area contributed by atoms with Gasteiger partial charge in [0.2, 0.25) is 0 Å². The number of benzene rings is 1. The average Bonchev–Trinajstić information content (AvgIpc) is 2.13. The third-order valence-electron chi connectivity index (χ3n) is 1.66. The van der Waals surface area contributed by atoms with Gasteiger partial charge in [-0.25, -0.2) is 0 Å². The van der Waals surface area contributed by atoms with E-state index < -0.39 is 24.2 Å². The van der Waals surface area contributed by atoms with Crippen molar-refractivity contribution in [2.45, 2.75) is 18.5 Å². The molecule has 0 radical (unpaired) electrons. The molecular weight excluding hydrogens is 318 g/mol. The quantitative estimate of drug-likeness (QED) is 0.737. The van der Waals surface area contributed by atoms with Gasteiger partial charge in [0.05, 0.1) is 0 Å². The first kappa shape index (κ1) is 14.1. The fourth-order valence-electron chi connectivity index (χ4n) is 0.968. The Kier molecular flexibility index (Phi) is 3.95. The molecule has 0 N–H and O–H groups in total. The lowest BCUT2D eigenvalue weighted by Gasteiger charge is -2.23. The fourth-order valence-corrected chi connectivity index (χ4v) is 1.23. The summed E-state index contributed by atoms with van der Waals surface area (Å²) in [6.07, 6.45) is -14.8. The molecule has 1 rings (SSSR count). The van der Waals surface area contributed by atoms with Gasteiger partial charge in [0.15, 0.2) is 0 Å². The summed E-state index contributed by atoms with van der Waals surface area (Å²) in [5, 5.41) is 0. The normalized spacial score (nSPS) is 12.9. The van der Waals surface area contributed by atoms with Crippen molar-refractivity contribution in [2.75, 3.05) is 0 Å². The van der Waals surface area contributed by atoms with Crippen LogP contribution >= 0.6 is 15.9 Å². The molecule has 0 atom stereocenters. The predicted octanol–water partition coefficient (Wildman–Crippen LogP) is 4.32. The second kappa shape index (κ2) is 4.75.